The topological polar surface area (TPSA) is 52.6 Å². The van der Waals surface area contributed by atoms with E-state index in [9.17, 15) is 4.79 Å². The van der Waals surface area contributed by atoms with Crippen molar-refractivity contribution >= 4 is 5.91 Å². The third-order valence-corrected chi connectivity index (χ3v) is 2.74. The van der Waals surface area contributed by atoms with Crippen molar-refractivity contribution in [3.05, 3.63) is 0 Å². The Morgan fingerprint density at radius 2 is 2.29 bits per heavy atom. The molecule has 0 saturated heterocycles. The van der Waals surface area contributed by atoms with E-state index < -0.39 is 0 Å². The molecular weight excluding hydrogens is 180 g/mol. The molecule has 1 aliphatic carbocycles. The van der Waals surface area contributed by atoms with E-state index >= 15 is 0 Å². The highest BCUT2D eigenvalue weighted by molar-refractivity contribution is 5.78. The van der Waals surface area contributed by atoms with Crippen molar-refractivity contribution in [1.29, 1.82) is 0 Å². The maximum Gasteiger partial charge on any atom is 0.236 e. The minimum atomic E-state index is 0.0477. The molecule has 1 saturated carbocycles. The van der Waals surface area contributed by atoms with Gasteiger partial charge in [0.05, 0.1) is 13.2 Å². The fourth-order valence-electron chi connectivity index (χ4n) is 1.36. The normalized spacial score (nSPS) is 17.9. The molecule has 4 heteroatoms. The van der Waals surface area contributed by atoms with Crippen LogP contribution in [0.5, 0.6) is 0 Å². The van der Waals surface area contributed by atoms with Gasteiger partial charge in [0.2, 0.25) is 5.91 Å². The molecule has 1 unspecified atom stereocenters. The monoisotopic (exact) mass is 200 g/mol. The standard InChI is InChI=1S/C10H20N2O2/c1-3-8(7-13)11-6-10(14)12(2)9-4-5-9/h8-9,11,13H,3-7H2,1-2H3. The van der Waals surface area contributed by atoms with E-state index in [1.165, 1.54) is 0 Å². The molecule has 14 heavy (non-hydrogen) atoms. The van der Waals surface area contributed by atoms with Crippen LogP contribution < -0.4 is 5.32 Å². The first-order chi connectivity index (χ1) is 6.69. The van der Waals surface area contributed by atoms with Crippen LogP contribution in [-0.2, 0) is 4.79 Å². The van der Waals surface area contributed by atoms with E-state index in [1.54, 1.807) is 4.90 Å². The molecule has 1 fully saturated rings. The molecule has 2 N–H and O–H groups in total. The van der Waals surface area contributed by atoms with Gasteiger partial charge in [0.25, 0.3) is 0 Å². The third kappa shape index (κ3) is 3.27. The highest BCUT2D eigenvalue weighted by Gasteiger charge is 2.29. The molecule has 1 amide bonds. The van der Waals surface area contributed by atoms with Gasteiger partial charge in [-0.05, 0) is 19.3 Å². The quantitative estimate of drug-likeness (QED) is 0.633. The van der Waals surface area contributed by atoms with Gasteiger partial charge in [-0.2, -0.15) is 0 Å². The summed E-state index contributed by atoms with van der Waals surface area (Å²) in [6, 6.07) is 0.519. The van der Waals surface area contributed by atoms with Crippen LogP contribution in [0.1, 0.15) is 26.2 Å². The Kier molecular flexibility index (Phi) is 4.35. The third-order valence-electron chi connectivity index (χ3n) is 2.74. The van der Waals surface area contributed by atoms with Gasteiger partial charge in [-0.25, -0.2) is 0 Å². The predicted molar refractivity (Wildman–Crippen MR) is 55.0 cm³/mol. The Morgan fingerprint density at radius 1 is 1.64 bits per heavy atom. The predicted octanol–water partition coefficient (Wildman–Crippen LogP) is -0.0323. The molecule has 0 spiro atoms. The van der Waals surface area contributed by atoms with Crippen molar-refractivity contribution in [3.8, 4) is 0 Å². The summed E-state index contributed by atoms with van der Waals surface area (Å²) >= 11 is 0. The van der Waals surface area contributed by atoms with Crippen LogP contribution in [0.3, 0.4) is 0 Å². The molecule has 0 aromatic carbocycles. The minimum absolute atomic E-state index is 0.0477. The Morgan fingerprint density at radius 3 is 2.71 bits per heavy atom. The van der Waals surface area contributed by atoms with Gasteiger partial charge in [-0.15, -0.1) is 0 Å². The van der Waals surface area contributed by atoms with Crippen LogP contribution in [0.4, 0.5) is 0 Å². The molecular formula is C10H20N2O2. The summed E-state index contributed by atoms with van der Waals surface area (Å²) < 4.78 is 0. The first-order valence-corrected chi connectivity index (χ1v) is 5.29. The lowest BCUT2D eigenvalue weighted by molar-refractivity contribution is -0.129. The second-order valence-corrected chi connectivity index (χ2v) is 3.90. The first-order valence-electron chi connectivity index (χ1n) is 5.29. The lowest BCUT2D eigenvalue weighted by Crippen LogP contribution is -2.42. The summed E-state index contributed by atoms with van der Waals surface area (Å²) in [4.78, 5) is 13.3. The fraction of sp³-hybridized carbons (Fsp3) is 0.900. The number of nitrogens with zero attached hydrogens (tertiary/aromatic N) is 1. The number of aliphatic hydroxyl groups is 1. The summed E-state index contributed by atoms with van der Waals surface area (Å²) in [5, 5.41) is 12.0. The SMILES string of the molecule is CCC(CO)NCC(=O)N(C)C1CC1. The molecule has 82 valence electrons. The summed E-state index contributed by atoms with van der Waals surface area (Å²) in [7, 11) is 1.85. The van der Waals surface area contributed by atoms with Crippen molar-refractivity contribution < 1.29 is 9.90 Å². The van der Waals surface area contributed by atoms with Crippen LogP contribution >= 0.6 is 0 Å². The van der Waals surface area contributed by atoms with Crippen LogP contribution in [0.25, 0.3) is 0 Å². The largest absolute Gasteiger partial charge is 0.395 e. The summed E-state index contributed by atoms with van der Waals surface area (Å²) in [5.74, 6) is 0.124. The van der Waals surface area contributed by atoms with Crippen molar-refractivity contribution in [2.45, 2.75) is 38.3 Å². The molecule has 1 rings (SSSR count). The average molecular weight is 200 g/mol. The van der Waals surface area contributed by atoms with E-state index in [4.69, 9.17) is 5.11 Å². The number of hydrogen-bond acceptors (Lipinski definition) is 3. The van der Waals surface area contributed by atoms with Crippen molar-refractivity contribution in [3.63, 3.8) is 0 Å². The smallest absolute Gasteiger partial charge is 0.236 e. The molecule has 0 bridgehead atoms. The van der Waals surface area contributed by atoms with Crippen LogP contribution in [0.15, 0.2) is 0 Å². The van der Waals surface area contributed by atoms with Crippen molar-refractivity contribution in [2.24, 2.45) is 0 Å². The minimum Gasteiger partial charge on any atom is -0.395 e. The number of amides is 1. The second kappa shape index (κ2) is 5.32. The number of nitrogens with one attached hydrogen (secondary N) is 1. The van der Waals surface area contributed by atoms with Gasteiger partial charge in [0.15, 0.2) is 0 Å². The van der Waals surface area contributed by atoms with Gasteiger partial charge >= 0.3 is 0 Å². The van der Waals surface area contributed by atoms with Gasteiger partial charge in [0, 0.05) is 19.1 Å². The molecule has 0 aromatic rings. The van der Waals surface area contributed by atoms with Gasteiger partial charge < -0.3 is 15.3 Å². The molecule has 0 radical (unpaired) electrons. The summed E-state index contributed by atoms with van der Waals surface area (Å²) in [6.45, 7) is 2.42. The Bertz CT molecular complexity index is 189. The number of carbonyl (C=O) groups excluding carboxylic acids is 1. The van der Waals surface area contributed by atoms with E-state index in [0.29, 0.717) is 12.6 Å². The Balaban J connectivity index is 2.19. The number of rotatable bonds is 6. The highest BCUT2D eigenvalue weighted by Crippen LogP contribution is 2.25. The van der Waals surface area contributed by atoms with Gasteiger partial charge in [-0.3, -0.25) is 4.79 Å². The first kappa shape index (κ1) is 11.5. The molecule has 1 atom stereocenters. The number of likely N-dealkylation sites (N-methyl/N-ethyl adjacent to an activating group) is 1. The molecule has 0 aliphatic heterocycles. The Hall–Kier alpha value is -0.610. The number of hydrogen-bond donors (Lipinski definition) is 2. The average Bonchev–Trinajstić information content (AvgIpc) is 3.01. The van der Waals surface area contributed by atoms with E-state index in [2.05, 4.69) is 5.32 Å². The van der Waals surface area contributed by atoms with Gasteiger partial charge in [-0.1, -0.05) is 6.92 Å². The lowest BCUT2D eigenvalue weighted by Gasteiger charge is -2.19. The van der Waals surface area contributed by atoms with Crippen molar-refractivity contribution in [1.82, 2.24) is 10.2 Å². The number of carbonyl (C=O) groups is 1. The number of aliphatic hydroxyl groups excluding tert-OH is 1. The molecule has 0 aromatic heterocycles. The molecule has 1 aliphatic rings. The van der Waals surface area contributed by atoms with Gasteiger partial charge in [0.1, 0.15) is 0 Å². The fourth-order valence-corrected chi connectivity index (χ4v) is 1.36. The van der Waals surface area contributed by atoms with Crippen LogP contribution in [0, 0.1) is 0 Å². The molecule has 4 nitrogen and oxygen atoms in total. The zero-order chi connectivity index (χ0) is 10.6. The highest BCUT2D eigenvalue weighted by atomic mass is 16.3. The van der Waals surface area contributed by atoms with E-state index in [0.717, 1.165) is 19.3 Å². The maximum absolute atomic E-state index is 11.5. The summed E-state index contributed by atoms with van der Waals surface area (Å²) in [5.41, 5.74) is 0. The lowest BCUT2D eigenvalue weighted by atomic mass is 10.2. The zero-order valence-corrected chi connectivity index (χ0v) is 8.99. The molecule has 0 heterocycles. The van der Waals surface area contributed by atoms with Crippen molar-refractivity contribution in [2.75, 3.05) is 20.2 Å². The van der Waals surface area contributed by atoms with Crippen LogP contribution in [0.2, 0.25) is 0 Å². The zero-order valence-electron chi connectivity index (χ0n) is 8.99. The van der Waals surface area contributed by atoms with E-state index in [1.807, 2.05) is 14.0 Å². The van der Waals surface area contributed by atoms with Crippen LogP contribution in [-0.4, -0.2) is 48.2 Å². The van der Waals surface area contributed by atoms with E-state index in [-0.39, 0.29) is 18.6 Å². The Labute approximate surface area is 85.3 Å². The maximum atomic E-state index is 11.5. The summed E-state index contributed by atoms with van der Waals surface area (Å²) in [6.07, 6.45) is 3.12. The second-order valence-electron chi connectivity index (χ2n) is 3.90.